The molecule has 1 aromatic carbocycles. The van der Waals surface area contributed by atoms with E-state index in [0.717, 1.165) is 26.5 Å². The second kappa shape index (κ2) is 5.40. The maximum absolute atomic E-state index is 4.13. The van der Waals surface area contributed by atoms with Gasteiger partial charge in [0.2, 0.25) is 0 Å². The van der Waals surface area contributed by atoms with Crippen LogP contribution in [0.25, 0.3) is 0 Å². The van der Waals surface area contributed by atoms with E-state index in [1.807, 2.05) is 0 Å². The first-order valence-electron chi connectivity index (χ1n) is 5.30. The molecule has 1 aliphatic rings. The average molecular weight is 411 g/mol. The van der Waals surface area contributed by atoms with Crippen LogP contribution in [0.2, 0.25) is 0 Å². The van der Waals surface area contributed by atoms with E-state index in [0.29, 0.717) is 5.92 Å². The van der Waals surface area contributed by atoms with Crippen molar-refractivity contribution in [2.45, 2.75) is 12.8 Å². The van der Waals surface area contributed by atoms with Crippen molar-refractivity contribution < 1.29 is 0 Å². The minimum Gasteiger partial charge on any atom is -0.370 e. The molecule has 1 aliphatic heterocycles. The SMILES string of the molecule is [CH2]C1CCN(c2c(Br)cc(Br)cc2Br)CC1. The Morgan fingerprint density at radius 2 is 1.56 bits per heavy atom. The van der Waals surface area contributed by atoms with Gasteiger partial charge in [-0.05, 0) is 62.8 Å². The summed E-state index contributed by atoms with van der Waals surface area (Å²) in [6.07, 6.45) is 2.35. The second-order valence-corrected chi connectivity index (χ2v) is 6.77. The Labute approximate surface area is 122 Å². The van der Waals surface area contributed by atoms with E-state index in [1.165, 1.54) is 18.5 Å². The van der Waals surface area contributed by atoms with Crippen molar-refractivity contribution in [3.05, 3.63) is 32.5 Å². The minimum absolute atomic E-state index is 0.615. The number of halogens is 3. The lowest BCUT2D eigenvalue weighted by atomic mass is 9.99. The fourth-order valence-electron chi connectivity index (χ4n) is 1.99. The van der Waals surface area contributed by atoms with Crippen LogP contribution in [-0.4, -0.2) is 13.1 Å². The Bertz CT molecular complexity index is 361. The van der Waals surface area contributed by atoms with Gasteiger partial charge in [0.15, 0.2) is 0 Å². The number of hydrogen-bond acceptors (Lipinski definition) is 1. The molecule has 0 N–H and O–H groups in total. The third kappa shape index (κ3) is 2.82. The van der Waals surface area contributed by atoms with Crippen LogP contribution in [0.1, 0.15) is 12.8 Å². The predicted molar refractivity (Wildman–Crippen MR) is 79.8 cm³/mol. The molecule has 1 saturated heterocycles. The summed E-state index contributed by atoms with van der Waals surface area (Å²) in [5.74, 6) is 0.615. The Hall–Kier alpha value is 0.460. The van der Waals surface area contributed by atoms with Crippen LogP contribution < -0.4 is 4.90 Å². The summed E-state index contributed by atoms with van der Waals surface area (Å²) in [7, 11) is 0. The minimum atomic E-state index is 0.615. The largest absolute Gasteiger partial charge is 0.370 e. The zero-order chi connectivity index (χ0) is 11.7. The fourth-order valence-corrected chi connectivity index (χ4v) is 4.75. The number of anilines is 1. The summed E-state index contributed by atoms with van der Waals surface area (Å²) < 4.78 is 3.36. The summed E-state index contributed by atoms with van der Waals surface area (Å²) in [6.45, 7) is 6.31. The maximum Gasteiger partial charge on any atom is 0.0655 e. The molecule has 4 heteroatoms. The van der Waals surface area contributed by atoms with Crippen molar-refractivity contribution in [2.24, 2.45) is 5.92 Å². The number of benzene rings is 1. The van der Waals surface area contributed by atoms with Gasteiger partial charge in [-0.25, -0.2) is 0 Å². The summed E-state index contributed by atoms with van der Waals surface area (Å²) in [4.78, 5) is 2.42. The van der Waals surface area contributed by atoms with Crippen LogP contribution in [0.4, 0.5) is 5.69 Å². The van der Waals surface area contributed by atoms with Crippen LogP contribution in [0.3, 0.4) is 0 Å². The van der Waals surface area contributed by atoms with Gasteiger partial charge in [0.05, 0.1) is 5.69 Å². The first kappa shape index (κ1) is 12.9. The Kier molecular flexibility index (Phi) is 4.36. The smallest absolute Gasteiger partial charge is 0.0655 e. The number of hydrogen-bond donors (Lipinski definition) is 0. The highest BCUT2D eigenvalue weighted by Crippen LogP contribution is 2.38. The molecule has 2 rings (SSSR count). The molecule has 0 aromatic heterocycles. The summed E-state index contributed by atoms with van der Waals surface area (Å²) >= 11 is 10.8. The molecule has 1 fully saturated rings. The van der Waals surface area contributed by atoms with Gasteiger partial charge in [0, 0.05) is 26.5 Å². The molecule has 0 atom stereocenters. The van der Waals surface area contributed by atoms with Gasteiger partial charge in [0.1, 0.15) is 0 Å². The fraction of sp³-hybridized carbons (Fsp3) is 0.417. The maximum atomic E-state index is 4.13. The van der Waals surface area contributed by atoms with E-state index in [-0.39, 0.29) is 0 Å². The molecule has 0 spiro atoms. The lowest BCUT2D eigenvalue weighted by molar-refractivity contribution is 0.475. The zero-order valence-corrected chi connectivity index (χ0v) is 13.6. The van der Waals surface area contributed by atoms with Crippen molar-refractivity contribution >= 4 is 53.5 Å². The average Bonchev–Trinajstić information content (AvgIpc) is 2.19. The predicted octanol–water partition coefficient (Wildman–Crippen LogP) is 5.02. The lowest BCUT2D eigenvalue weighted by Gasteiger charge is -2.33. The van der Waals surface area contributed by atoms with Gasteiger partial charge in [-0.1, -0.05) is 22.9 Å². The van der Waals surface area contributed by atoms with Crippen LogP contribution >= 0.6 is 47.8 Å². The molecule has 1 radical (unpaired) electrons. The van der Waals surface area contributed by atoms with Gasteiger partial charge in [0.25, 0.3) is 0 Å². The van der Waals surface area contributed by atoms with E-state index >= 15 is 0 Å². The van der Waals surface area contributed by atoms with Crippen molar-refractivity contribution in [1.29, 1.82) is 0 Å². The van der Waals surface area contributed by atoms with E-state index in [2.05, 4.69) is 71.7 Å². The van der Waals surface area contributed by atoms with Crippen molar-refractivity contribution in [3.63, 3.8) is 0 Å². The highest BCUT2D eigenvalue weighted by atomic mass is 79.9. The molecule has 1 nitrogen and oxygen atoms in total. The highest BCUT2D eigenvalue weighted by molar-refractivity contribution is 9.11. The van der Waals surface area contributed by atoms with Crippen LogP contribution in [0, 0.1) is 12.8 Å². The first-order chi connectivity index (χ1) is 7.58. The highest BCUT2D eigenvalue weighted by Gasteiger charge is 2.20. The molecule has 0 amide bonds. The summed E-state index contributed by atoms with van der Waals surface area (Å²) in [5.41, 5.74) is 1.26. The van der Waals surface area contributed by atoms with Crippen molar-refractivity contribution in [3.8, 4) is 0 Å². The standard InChI is InChI=1S/C12H13Br3N/c1-8-2-4-16(5-3-8)12-10(14)6-9(13)7-11(12)15/h6-8H,1-5H2. The zero-order valence-electron chi connectivity index (χ0n) is 8.85. The molecule has 1 heterocycles. The van der Waals surface area contributed by atoms with Crippen molar-refractivity contribution in [1.82, 2.24) is 0 Å². The van der Waals surface area contributed by atoms with Gasteiger partial charge >= 0.3 is 0 Å². The summed E-state index contributed by atoms with van der Waals surface area (Å²) in [5, 5.41) is 0. The summed E-state index contributed by atoms with van der Waals surface area (Å²) in [6, 6.07) is 4.19. The lowest BCUT2D eigenvalue weighted by Crippen LogP contribution is -2.33. The van der Waals surface area contributed by atoms with E-state index in [9.17, 15) is 0 Å². The Morgan fingerprint density at radius 3 is 2.06 bits per heavy atom. The van der Waals surface area contributed by atoms with Crippen LogP contribution in [0.5, 0.6) is 0 Å². The molecule has 87 valence electrons. The van der Waals surface area contributed by atoms with Gasteiger partial charge in [-0.2, -0.15) is 0 Å². The molecule has 1 aromatic rings. The molecule has 0 bridgehead atoms. The normalized spacial score (nSPS) is 17.9. The van der Waals surface area contributed by atoms with Crippen LogP contribution in [0.15, 0.2) is 25.6 Å². The number of nitrogens with zero attached hydrogens (tertiary/aromatic N) is 1. The topological polar surface area (TPSA) is 3.24 Å². The van der Waals surface area contributed by atoms with Crippen LogP contribution in [-0.2, 0) is 0 Å². The second-order valence-electron chi connectivity index (χ2n) is 4.15. The molecule has 0 saturated carbocycles. The van der Waals surface area contributed by atoms with Gasteiger partial charge in [-0.15, -0.1) is 0 Å². The monoisotopic (exact) mass is 408 g/mol. The van der Waals surface area contributed by atoms with E-state index < -0.39 is 0 Å². The molecular weight excluding hydrogens is 398 g/mol. The van der Waals surface area contributed by atoms with Gasteiger partial charge < -0.3 is 4.90 Å². The molecule has 0 unspecified atom stereocenters. The number of rotatable bonds is 1. The molecular formula is C12H13Br3N. The molecule has 0 aliphatic carbocycles. The van der Waals surface area contributed by atoms with E-state index in [4.69, 9.17) is 0 Å². The van der Waals surface area contributed by atoms with Crippen molar-refractivity contribution in [2.75, 3.05) is 18.0 Å². The Morgan fingerprint density at radius 1 is 1.06 bits per heavy atom. The third-order valence-corrected chi connectivity index (χ3v) is 4.58. The quantitative estimate of drug-likeness (QED) is 0.628. The van der Waals surface area contributed by atoms with Gasteiger partial charge in [-0.3, -0.25) is 0 Å². The first-order valence-corrected chi connectivity index (χ1v) is 7.68. The molecule has 16 heavy (non-hydrogen) atoms. The Balaban J connectivity index is 2.26. The van der Waals surface area contributed by atoms with E-state index in [1.54, 1.807) is 0 Å². The number of piperidine rings is 1. The third-order valence-electron chi connectivity index (χ3n) is 2.91.